The lowest BCUT2D eigenvalue weighted by Crippen LogP contribution is -2.50. The Labute approximate surface area is 120 Å². The van der Waals surface area contributed by atoms with Gasteiger partial charge in [-0.2, -0.15) is 5.10 Å². The van der Waals surface area contributed by atoms with Crippen molar-refractivity contribution in [3.8, 4) is 0 Å². The third-order valence-corrected chi connectivity index (χ3v) is 6.01. The van der Waals surface area contributed by atoms with Crippen LogP contribution in [-0.2, 0) is 17.8 Å². The van der Waals surface area contributed by atoms with Crippen LogP contribution in [0.3, 0.4) is 0 Å². The molecule has 1 heterocycles. The molecule has 0 spiro atoms. The van der Waals surface area contributed by atoms with Crippen molar-refractivity contribution < 1.29 is 4.79 Å². The fraction of sp³-hybridized carbons (Fsp3) is 0.765. The standard InChI is InChI=1S/C17H24N2O/c1-2-19-11-15(10-18-19)6-16(20)17-7-12-3-13(8-17)5-14(4-12)9-17/h10-14H,2-9H2,1H3. The van der Waals surface area contributed by atoms with E-state index >= 15 is 0 Å². The van der Waals surface area contributed by atoms with Crippen LogP contribution in [0.5, 0.6) is 0 Å². The molecule has 108 valence electrons. The van der Waals surface area contributed by atoms with E-state index in [1.807, 2.05) is 17.1 Å². The van der Waals surface area contributed by atoms with E-state index in [4.69, 9.17) is 0 Å². The maximum atomic E-state index is 12.9. The van der Waals surface area contributed by atoms with Crippen molar-refractivity contribution >= 4 is 5.78 Å². The van der Waals surface area contributed by atoms with Gasteiger partial charge in [0.15, 0.2) is 0 Å². The number of carbonyl (C=O) groups is 1. The van der Waals surface area contributed by atoms with Crippen LogP contribution in [-0.4, -0.2) is 15.6 Å². The van der Waals surface area contributed by atoms with Crippen molar-refractivity contribution in [1.29, 1.82) is 0 Å². The van der Waals surface area contributed by atoms with Crippen LogP contribution in [0.1, 0.15) is 51.0 Å². The minimum Gasteiger partial charge on any atom is -0.299 e. The predicted molar refractivity (Wildman–Crippen MR) is 77.2 cm³/mol. The van der Waals surface area contributed by atoms with Crippen LogP contribution in [0.25, 0.3) is 0 Å². The first kappa shape index (κ1) is 12.6. The van der Waals surface area contributed by atoms with E-state index in [0.717, 1.165) is 29.9 Å². The Morgan fingerprint density at radius 1 is 1.25 bits per heavy atom. The number of hydrogen-bond donors (Lipinski definition) is 0. The normalized spacial score (nSPS) is 38.4. The fourth-order valence-electron chi connectivity index (χ4n) is 5.50. The molecule has 4 fully saturated rings. The Hall–Kier alpha value is -1.12. The molecule has 0 unspecified atom stereocenters. The summed E-state index contributed by atoms with van der Waals surface area (Å²) in [4.78, 5) is 12.9. The summed E-state index contributed by atoms with van der Waals surface area (Å²) in [5.74, 6) is 3.06. The summed E-state index contributed by atoms with van der Waals surface area (Å²) in [7, 11) is 0. The fourth-order valence-corrected chi connectivity index (χ4v) is 5.50. The summed E-state index contributed by atoms with van der Waals surface area (Å²) in [6.45, 7) is 2.96. The Balaban J connectivity index is 1.53. The lowest BCUT2D eigenvalue weighted by Gasteiger charge is -2.56. The number of ketones is 1. The first-order chi connectivity index (χ1) is 9.67. The van der Waals surface area contributed by atoms with E-state index in [-0.39, 0.29) is 5.41 Å². The maximum Gasteiger partial charge on any atom is 0.143 e. The molecule has 1 aromatic heterocycles. The molecule has 20 heavy (non-hydrogen) atoms. The van der Waals surface area contributed by atoms with Crippen molar-refractivity contribution in [2.45, 2.75) is 58.4 Å². The molecule has 0 saturated heterocycles. The number of rotatable bonds is 4. The molecule has 3 nitrogen and oxygen atoms in total. The lowest BCUT2D eigenvalue weighted by atomic mass is 9.48. The highest BCUT2D eigenvalue weighted by Crippen LogP contribution is 2.60. The van der Waals surface area contributed by atoms with Crippen LogP contribution in [0.2, 0.25) is 0 Å². The highest BCUT2D eigenvalue weighted by molar-refractivity contribution is 5.87. The van der Waals surface area contributed by atoms with Gasteiger partial charge in [0.25, 0.3) is 0 Å². The highest BCUT2D eigenvalue weighted by Gasteiger charge is 2.53. The molecular weight excluding hydrogens is 248 g/mol. The topological polar surface area (TPSA) is 34.9 Å². The zero-order valence-corrected chi connectivity index (χ0v) is 12.3. The van der Waals surface area contributed by atoms with Crippen molar-refractivity contribution in [2.24, 2.45) is 23.2 Å². The molecule has 3 heteroatoms. The van der Waals surface area contributed by atoms with Gasteiger partial charge in [-0.3, -0.25) is 9.48 Å². The molecule has 4 aliphatic carbocycles. The molecular formula is C17H24N2O. The van der Waals surface area contributed by atoms with E-state index < -0.39 is 0 Å². The van der Waals surface area contributed by atoms with Crippen molar-refractivity contribution in [3.05, 3.63) is 18.0 Å². The van der Waals surface area contributed by atoms with Crippen molar-refractivity contribution in [3.63, 3.8) is 0 Å². The minimum atomic E-state index is 0.0447. The summed E-state index contributed by atoms with van der Waals surface area (Å²) >= 11 is 0. The van der Waals surface area contributed by atoms with E-state index in [0.29, 0.717) is 12.2 Å². The SMILES string of the molecule is CCn1cc(CC(=O)C23CC4CC(CC(C4)C2)C3)cn1. The van der Waals surface area contributed by atoms with Gasteiger partial charge < -0.3 is 0 Å². The average molecular weight is 272 g/mol. The Kier molecular flexibility index (Phi) is 2.80. The summed E-state index contributed by atoms with van der Waals surface area (Å²) in [6, 6.07) is 0. The summed E-state index contributed by atoms with van der Waals surface area (Å²) in [5, 5.41) is 4.30. The smallest absolute Gasteiger partial charge is 0.143 e. The van der Waals surface area contributed by atoms with Gasteiger partial charge >= 0.3 is 0 Å². The van der Waals surface area contributed by atoms with Crippen molar-refractivity contribution in [2.75, 3.05) is 0 Å². The number of hydrogen-bond acceptors (Lipinski definition) is 2. The summed E-state index contributed by atoms with van der Waals surface area (Å²) in [6.07, 6.45) is 12.3. The largest absolute Gasteiger partial charge is 0.299 e. The second-order valence-corrected chi connectivity index (χ2v) is 7.50. The van der Waals surface area contributed by atoms with Gasteiger partial charge in [0.2, 0.25) is 0 Å². The van der Waals surface area contributed by atoms with E-state index in [1.54, 1.807) is 0 Å². The molecule has 5 rings (SSSR count). The number of Topliss-reactive ketones (excluding diaryl/α,β-unsaturated/α-hetero) is 1. The molecule has 0 radical (unpaired) electrons. The Bertz CT molecular complexity index is 496. The molecule has 1 aromatic rings. The third kappa shape index (κ3) is 1.94. The number of aryl methyl sites for hydroxylation is 1. The zero-order chi connectivity index (χ0) is 13.7. The van der Waals surface area contributed by atoms with Gasteiger partial charge in [-0.05, 0) is 68.8 Å². The van der Waals surface area contributed by atoms with Crippen molar-refractivity contribution in [1.82, 2.24) is 9.78 Å². The van der Waals surface area contributed by atoms with E-state index in [9.17, 15) is 4.79 Å². The summed E-state index contributed by atoms with van der Waals surface area (Å²) in [5.41, 5.74) is 1.15. The van der Waals surface area contributed by atoms with Gasteiger partial charge in [-0.1, -0.05) is 0 Å². The molecule has 0 aliphatic heterocycles. The molecule has 4 bridgehead atoms. The number of carbonyl (C=O) groups excluding carboxylic acids is 1. The monoisotopic (exact) mass is 272 g/mol. The molecule has 0 aromatic carbocycles. The first-order valence-electron chi connectivity index (χ1n) is 8.21. The Morgan fingerprint density at radius 2 is 1.85 bits per heavy atom. The summed E-state index contributed by atoms with van der Waals surface area (Å²) < 4.78 is 1.92. The van der Waals surface area contributed by atoms with Crippen LogP contribution >= 0.6 is 0 Å². The van der Waals surface area contributed by atoms with Gasteiger partial charge in [-0.25, -0.2) is 0 Å². The molecule has 4 saturated carbocycles. The molecule has 0 N–H and O–H groups in total. The van der Waals surface area contributed by atoms with E-state index in [2.05, 4.69) is 12.0 Å². The zero-order valence-electron chi connectivity index (χ0n) is 12.3. The molecule has 4 aliphatic rings. The first-order valence-corrected chi connectivity index (χ1v) is 8.21. The van der Waals surface area contributed by atoms with Crippen LogP contribution in [0.15, 0.2) is 12.4 Å². The minimum absolute atomic E-state index is 0.0447. The van der Waals surface area contributed by atoms with Crippen LogP contribution in [0.4, 0.5) is 0 Å². The second-order valence-electron chi connectivity index (χ2n) is 7.50. The van der Waals surface area contributed by atoms with Crippen LogP contribution < -0.4 is 0 Å². The van der Waals surface area contributed by atoms with E-state index in [1.165, 1.54) is 38.5 Å². The predicted octanol–water partition coefficient (Wildman–Crippen LogP) is 3.23. The van der Waals surface area contributed by atoms with Gasteiger partial charge in [0, 0.05) is 24.6 Å². The van der Waals surface area contributed by atoms with Gasteiger partial charge in [0.05, 0.1) is 6.20 Å². The highest BCUT2D eigenvalue weighted by atomic mass is 16.1. The average Bonchev–Trinajstić information content (AvgIpc) is 2.85. The van der Waals surface area contributed by atoms with Gasteiger partial charge in [0.1, 0.15) is 5.78 Å². The second kappa shape index (κ2) is 4.44. The maximum absolute atomic E-state index is 12.9. The third-order valence-electron chi connectivity index (χ3n) is 6.01. The number of aromatic nitrogens is 2. The van der Waals surface area contributed by atoms with Gasteiger partial charge in [-0.15, -0.1) is 0 Å². The number of nitrogens with zero attached hydrogens (tertiary/aromatic N) is 2. The quantitative estimate of drug-likeness (QED) is 0.843. The Morgan fingerprint density at radius 3 is 2.35 bits per heavy atom. The van der Waals surface area contributed by atoms with Crippen LogP contribution in [0, 0.1) is 23.2 Å². The molecule has 0 amide bonds. The lowest BCUT2D eigenvalue weighted by molar-refractivity contribution is -0.143. The molecule has 0 atom stereocenters.